The van der Waals surface area contributed by atoms with Crippen molar-refractivity contribution in [3.63, 3.8) is 0 Å². The minimum atomic E-state index is -0.673. The molecule has 0 aliphatic carbocycles. The predicted molar refractivity (Wildman–Crippen MR) is 84.7 cm³/mol. The number of rotatable bonds is 3. The molecule has 1 heterocycles. The lowest BCUT2D eigenvalue weighted by molar-refractivity contribution is 0.100. The topological polar surface area (TPSA) is 103 Å². The number of aromatic hydroxyl groups is 1. The fourth-order valence-electron chi connectivity index (χ4n) is 2.40. The van der Waals surface area contributed by atoms with Gasteiger partial charge in [0.2, 0.25) is 0 Å². The van der Waals surface area contributed by atoms with Crippen LogP contribution in [0.1, 0.15) is 10.4 Å². The number of fused-ring (bicyclic) bond motifs is 1. The lowest BCUT2D eigenvalue weighted by Crippen LogP contribution is -2.12. The van der Waals surface area contributed by atoms with Gasteiger partial charge in [0.15, 0.2) is 17.1 Å². The average molecular weight is 311 g/mol. The Morgan fingerprint density at radius 3 is 2.65 bits per heavy atom. The van der Waals surface area contributed by atoms with Crippen LogP contribution in [0.25, 0.3) is 22.1 Å². The molecule has 3 N–H and O–H groups in total. The molecule has 116 valence electrons. The van der Waals surface area contributed by atoms with Crippen molar-refractivity contribution in [2.45, 2.75) is 0 Å². The summed E-state index contributed by atoms with van der Waals surface area (Å²) in [5.74, 6) is -0.459. The molecule has 0 aliphatic rings. The zero-order valence-corrected chi connectivity index (χ0v) is 12.2. The van der Waals surface area contributed by atoms with E-state index in [-0.39, 0.29) is 22.5 Å². The number of carbonyl (C=O) groups excluding carboxylic acids is 1. The Kier molecular flexibility index (Phi) is 3.50. The van der Waals surface area contributed by atoms with Crippen molar-refractivity contribution in [1.82, 2.24) is 0 Å². The summed E-state index contributed by atoms with van der Waals surface area (Å²) in [6.45, 7) is 0. The number of benzene rings is 2. The first-order valence-corrected chi connectivity index (χ1v) is 6.75. The zero-order valence-electron chi connectivity index (χ0n) is 12.2. The van der Waals surface area contributed by atoms with E-state index in [2.05, 4.69) is 0 Å². The first kappa shape index (κ1) is 14.6. The average Bonchev–Trinajstić information content (AvgIpc) is 2.53. The van der Waals surface area contributed by atoms with Crippen molar-refractivity contribution in [2.75, 3.05) is 7.11 Å². The highest BCUT2D eigenvalue weighted by Gasteiger charge is 2.14. The van der Waals surface area contributed by atoms with Gasteiger partial charge in [-0.15, -0.1) is 0 Å². The summed E-state index contributed by atoms with van der Waals surface area (Å²) in [6, 6.07) is 11.0. The first-order chi connectivity index (χ1) is 11.0. The Labute approximate surface area is 130 Å². The number of amides is 1. The molecule has 23 heavy (non-hydrogen) atoms. The van der Waals surface area contributed by atoms with Gasteiger partial charge in [0, 0.05) is 5.39 Å². The molecule has 1 amide bonds. The van der Waals surface area contributed by atoms with Crippen LogP contribution < -0.4 is 16.1 Å². The number of phenolic OH excluding ortho intramolecular Hbond substituents is 1. The van der Waals surface area contributed by atoms with Gasteiger partial charge in [0.25, 0.3) is 5.91 Å². The largest absolute Gasteiger partial charge is 0.504 e. The molecular formula is C17H13NO5. The predicted octanol–water partition coefficient (Wildman–Crippen LogP) is 2.27. The lowest BCUT2D eigenvalue weighted by atomic mass is 10.0. The summed E-state index contributed by atoms with van der Waals surface area (Å²) < 4.78 is 10.2. The lowest BCUT2D eigenvalue weighted by Gasteiger charge is -2.07. The fourth-order valence-corrected chi connectivity index (χ4v) is 2.40. The molecule has 0 spiro atoms. The standard InChI is InChI=1S/C17H13NO5/c1-22-14-6-5-9(8-13(14)19)12-7-10-3-2-4-11(16(18)20)15(10)23-17(12)21/h2-8,19H,1H3,(H2,18,20). The monoisotopic (exact) mass is 311 g/mol. The van der Waals surface area contributed by atoms with Gasteiger partial charge in [-0.3, -0.25) is 4.79 Å². The van der Waals surface area contributed by atoms with E-state index in [0.717, 1.165) is 0 Å². The highest BCUT2D eigenvalue weighted by molar-refractivity contribution is 6.04. The van der Waals surface area contributed by atoms with Gasteiger partial charge in [-0.1, -0.05) is 18.2 Å². The van der Waals surface area contributed by atoms with E-state index in [0.29, 0.717) is 16.7 Å². The number of carbonyl (C=O) groups is 1. The molecule has 0 saturated carbocycles. The highest BCUT2D eigenvalue weighted by atomic mass is 16.5. The Hall–Kier alpha value is -3.28. The Bertz CT molecular complexity index is 974. The second-order valence-electron chi connectivity index (χ2n) is 4.92. The maximum atomic E-state index is 12.2. The summed E-state index contributed by atoms with van der Waals surface area (Å²) in [5.41, 5.74) is 5.68. The van der Waals surface area contributed by atoms with E-state index in [4.69, 9.17) is 14.9 Å². The normalized spacial score (nSPS) is 10.7. The van der Waals surface area contributed by atoms with Crippen molar-refractivity contribution in [3.8, 4) is 22.6 Å². The summed E-state index contributed by atoms with van der Waals surface area (Å²) in [7, 11) is 1.43. The molecule has 0 radical (unpaired) electrons. The number of ether oxygens (including phenoxy) is 1. The van der Waals surface area contributed by atoms with Crippen molar-refractivity contribution < 1.29 is 19.1 Å². The van der Waals surface area contributed by atoms with Crippen molar-refractivity contribution >= 4 is 16.9 Å². The molecule has 0 saturated heterocycles. The minimum Gasteiger partial charge on any atom is -0.504 e. The van der Waals surface area contributed by atoms with Crippen LogP contribution in [0.5, 0.6) is 11.5 Å². The third kappa shape index (κ3) is 2.50. The van der Waals surface area contributed by atoms with Crippen molar-refractivity contribution in [3.05, 3.63) is 58.4 Å². The van der Waals surface area contributed by atoms with Crippen LogP contribution in [0.15, 0.2) is 51.7 Å². The van der Waals surface area contributed by atoms with Gasteiger partial charge in [0.1, 0.15) is 0 Å². The van der Waals surface area contributed by atoms with E-state index in [1.54, 1.807) is 30.3 Å². The van der Waals surface area contributed by atoms with Crippen molar-refractivity contribution in [1.29, 1.82) is 0 Å². The summed E-state index contributed by atoms with van der Waals surface area (Å²) in [5, 5.41) is 10.4. The second kappa shape index (κ2) is 5.49. The van der Waals surface area contributed by atoms with Crippen LogP contribution >= 0.6 is 0 Å². The van der Waals surface area contributed by atoms with Gasteiger partial charge in [0.05, 0.1) is 18.2 Å². The van der Waals surface area contributed by atoms with Gasteiger partial charge in [-0.25, -0.2) is 4.79 Å². The van der Waals surface area contributed by atoms with Gasteiger partial charge in [-0.2, -0.15) is 0 Å². The van der Waals surface area contributed by atoms with E-state index in [1.807, 2.05) is 0 Å². The molecule has 1 aromatic heterocycles. The molecule has 0 unspecified atom stereocenters. The third-order valence-electron chi connectivity index (χ3n) is 3.52. The van der Waals surface area contributed by atoms with E-state index in [1.165, 1.54) is 19.2 Å². The molecule has 6 nitrogen and oxygen atoms in total. The summed E-state index contributed by atoms with van der Waals surface area (Å²) >= 11 is 0. The molecule has 0 bridgehead atoms. The second-order valence-corrected chi connectivity index (χ2v) is 4.92. The smallest absolute Gasteiger partial charge is 0.344 e. The van der Waals surface area contributed by atoms with Crippen LogP contribution in [0, 0.1) is 0 Å². The van der Waals surface area contributed by atoms with E-state index < -0.39 is 11.5 Å². The Morgan fingerprint density at radius 1 is 1.22 bits per heavy atom. The maximum Gasteiger partial charge on any atom is 0.344 e. The molecule has 2 aromatic carbocycles. The van der Waals surface area contributed by atoms with Gasteiger partial charge >= 0.3 is 5.63 Å². The number of nitrogens with two attached hydrogens (primary N) is 1. The quantitative estimate of drug-likeness (QED) is 0.722. The number of methoxy groups -OCH3 is 1. The van der Waals surface area contributed by atoms with E-state index in [9.17, 15) is 14.7 Å². The Balaban J connectivity index is 2.24. The molecule has 3 aromatic rings. The fraction of sp³-hybridized carbons (Fsp3) is 0.0588. The summed E-state index contributed by atoms with van der Waals surface area (Å²) in [4.78, 5) is 23.7. The number of para-hydroxylation sites is 1. The van der Waals surface area contributed by atoms with Crippen LogP contribution in [-0.4, -0.2) is 18.1 Å². The van der Waals surface area contributed by atoms with Gasteiger partial charge < -0.3 is 20.0 Å². The van der Waals surface area contributed by atoms with Gasteiger partial charge in [-0.05, 0) is 29.8 Å². The van der Waals surface area contributed by atoms with Crippen LogP contribution in [0.2, 0.25) is 0 Å². The molecule has 6 heteroatoms. The Morgan fingerprint density at radius 2 is 2.00 bits per heavy atom. The molecule has 3 rings (SSSR count). The van der Waals surface area contributed by atoms with E-state index >= 15 is 0 Å². The molecule has 0 atom stereocenters. The molecule has 0 aliphatic heterocycles. The molecule has 0 fully saturated rings. The number of phenols is 1. The maximum absolute atomic E-state index is 12.2. The van der Waals surface area contributed by atoms with Crippen LogP contribution in [-0.2, 0) is 0 Å². The van der Waals surface area contributed by atoms with Crippen molar-refractivity contribution in [2.24, 2.45) is 5.73 Å². The van der Waals surface area contributed by atoms with Crippen LogP contribution in [0.3, 0.4) is 0 Å². The third-order valence-corrected chi connectivity index (χ3v) is 3.52. The van der Waals surface area contributed by atoms with Crippen LogP contribution in [0.4, 0.5) is 0 Å². The molecular weight excluding hydrogens is 298 g/mol. The minimum absolute atomic E-state index is 0.0876. The summed E-state index contributed by atoms with van der Waals surface area (Å²) in [6.07, 6.45) is 0. The first-order valence-electron chi connectivity index (χ1n) is 6.75. The number of hydrogen-bond acceptors (Lipinski definition) is 5. The number of primary amides is 1. The zero-order chi connectivity index (χ0) is 16.6. The SMILES string of the molecule is COc1ccc(-c2cc3cccc(C(N)=O)c3oc2=O)cc1O. The highest BCUT2D eigenvalue weighted by Crippen LogP contribution is 2.31. The number of hydrogen-bond donors (Lipinski definition) is 2.